The third kappa shape index (κ3) is 6.37. The van der Waals surface area contributed by atoms with Crippen LogP contribution in [0.2, 0.25) is 0 Å². The van der Waals surface area contributed by atoms with Crippen molar-refractivity contribution in [3.63, 3.8) is 0 Å². The summed E-state index contributed by atoms with van der Waals surface area (Å²) in [7, 11) is 0. The molecule has 3 aliphatic heterocycles. The third-order valence-corrected chi connectivity index (χ3v) is 7.46. The summed E-state index contributed by atoms with van der Waals surface area (Å²) in [6.07, 6.45) is 8.43. The lowest BCUT2D eigenvalue weighted by atomic mass is 9.90. The SMILES string of the molecule is CC(C)[C@@H]1C=C(C(=O)N2CCC(N3CCCCC3)CC2)O[C@H](OCc2ccc(CO)cc2)C1. The van der Waals surface area contributed by atoms with E-state index in [1.807, 2.05) is 35.2 Å². The van der Waals surface area contributed by atoms with Crippen LogP contribution in [0.4, 0.5) is 0 Å². The predicted molar refractivity (Wildman–Crippen MR) is 128 cm³/mol. The number of likely N-dealkylation sites (tertiary alicyclic amines) is 2. The number of hydrogen-bond donors (Lipinski definition) is 1. The highest BCUT2D eigenvalue weighted by molar-refractivity contribution is 5.91. The number of ether oxygens (including phenoxy) is 2. The van der Waals surface area contributed by atoms with Crippen LogP contribution in [0.3, 0.4) is 0 Å². The van der Waals surface area contributed by atoms with E-state index in [0.717, 1.165) is 43.5 Å². The highest BCUT2D eigenvalue weighted by Gasteiger charge is 2.34. The third-order valence-electron chi connectivity index (χ3n) is 7.46. The van der Waals surface area contributed by atoms with Gasteiger partial charge in [-0.3, -0.25) is 4.79 Å². The summed E-state index contributed by atoms with van der Waals surface area (Å²) in [4.78, 5) is 17.9. The number of carbonyl (C=O) groups excluding carboxylic acids is 1. The van der Waals surface area contributed by atoms with E-state index in [4.69, 9.17) is 9.47 Å². The van der Waals surface area contributed by atoms with Crippen molar-refractivity contribution in [3.8, 4) is 0 Å². The fourth-order valence-corrected chi connectivity index (χ4v) is 5.21. The number of aliphatic hydroxyl groups is 1. The first-order valence-electron chi connectivity index (χ1n) is 12.8. The molecule has 3 aliphatic rings. The van der Waals surface area contributed by atoms with Gasteiger partial charge >= 0.3 is 0 Å². The molecule has 2 saturated heterocycles. The maximum absolute atomic E-state index is 13.3. The fourth-order valence-electron chi connectivity index (χ4n) is 5.21. The van der Waals surface area contributed by atoms with Crippen LogP contribution in [0.15, 0.2) is 36.1 Å². The van der Waals surface area contributed by atoms with Crippen molar-refractivity contribution in [2.45, 2.75) is 77.9 Å². The number of rotatable bonds is 7. The number of amides is 1. The van der Waals surface area contributed by atoms with Crippen LogP contribution in [0.5, 0.6) is 0 Å². The van der Waals surface area contributed by atoms with Crippen LogP contribution in [0, 0.1) is 11.8 Å². The Bertz CT molecular complexity index is 793. The lowest BCUT2D eigenvalue weighted by Gasteiger charge is -2.40. The Labute approximate surface area is 198 Å². The van der Waals surface area contributed by atoms with E-state index in [1.54, 1.807) is 0 Å². The zero-order chi connectivity index (χ0) is 23.2. The quantitative estimate of drug-likeness (QED) is 0.670. The zero-order valence-corrected chi connectivity index (χ0v) is 20.2. The van der Waals surface area contributed by atoms with E-state index >= 15 is 0 Å². The number of piperidine rings is 2. The Balaban J connectivity index is 1.33. The van der Waals surface area contributed by atoms with Crippen molar-refractivity contribution in [3.05, 3.63) is 47.2 Å². The number of benzene rings is 1. The molecule has 0 spiro atoms. The Kier molecular flexibility index (Phi) is 8.45. The summed E-state index contributed by atoms with van der Waals surface area (Å²) in [6, 6.07) is 8.34. The maximum Gasteiger partial charge on any atom is 0.288 e. The number of carbonyl (C=O) groups is 1. The van der Waals surface area contributed by atoms with Crippen molar-refractivity contribution < 1.29 is 19.4 Å². The van der Waals surface area contributed by atoms with Crippen LogP contribution >= 0.6 is 0 Å². The van der Waals surface area contributed by atoms with Gasteiger partial charge in [-0.15, -0.1) is 0 Å². The second-order valence-corrected chi connectivity index (χ2v) is 10.1. The molecule has 182 valence electrons. The molecule has 6 heteroatoms. The van der Waals surface area contributed by atoms with E-state index in [-0.39, 0.29) is 18.4 Å². The Morgan fingerprint density at radius 1 is 1.06 bits per heavy atom. The first-order valence-corrected chi connectivity index (χ1v) is 12.8. The topological polar surface area (TPSA) is 62.2 Å². The van der Waals surface area contributed by atoms with Crippen LogP contribution in [0.1, 0.15) is 63.5 Å². The first-order chi connectivity index (χ1) is 16.0. The summed E-state index contributed by atoms with van der Waals surface area (Å²) in [5.74, 6) is 1.14. The van der Waals surface area contributed by atoms with Crippen LogP contribution in [-0.4, -0.2) is 59.3 Å². The minimum Gasteiger partial charge on any atom is -0.459 e. The molecule has 2 fully saturated rings. The molecule has 3 heterocycles. The van der Waals surface area contributed by atoms with Crippen LogP contribution < -0.4 is 0 Å². The number of nitrogens with zero attached hydrogens (tertiary/aromatic N) is 2. The van der Waals surface area contributed by atoms with Crippen molar-refractivity contribution in [2.75, 3.05) is 26.2 Å². The van der Waals surface area contributed by atoms with Crippen molar-refractivity contribution in [1.82, 2.24) is 9.80 Å². The summed E-state index contributed by atoms with van der Waals surface area (Å²) < 4.78 is 12.2. The second-order valence-electron chi connectivity index (χ2n) is 10.1. The number of allylic oxidation sites excluding steroid dienone is 1. The van der Waals surface area contributed by atoms with Gasteiger partial charge in [0.1, 0.15) is 0 Å². The molecule has 1 aromatic rings. The van der Waals surface area contributed by atoms with Gasteiger partial charge in [-0.1, -0.05) is 44.5 Å². The van der Waals surface area contributed by atoms with E-state index in [2.05, 4.69) is 18.7 Å². The summed E-state index contributed by atoms with van der Waals surface area (Å²) in [6.45, 7) is 8.85. The molecule has 0 aliphatic carbocycles. The summed E-state index contributed by atoms with van der Waals surface area (Å²) in [5.41, 5.74) is 1.91. The molecule has 33 heavy (non-hydrogen) atoms. The highest BCUT2D eigenvalue weighted by Crippen LogP contribution is 2.31. The molecular weight excluding hydrogens is 416 g/mol. The summed E-state index contributed by atoms with van der Waals surface area (Å²) in [5, 5.41) is 9.22. The smallest absolute Gasteiger partial charge is 0.288 e. The van der Waals surface area contributed by atoms with Crippen molar-refractivity contribution >= 4 is 5.91 Å². The molecule has 1 aromatic carbocycles. The monoisotopic (exact) mass is 456 g/mol. The zero-order valence-electron chi connectivity index (χ0n) is 20.2. The van der Waals surface area contributed by atoms with Crippen LogP contribution in [-0.2, 0) is 27.5 Å². The van der Waals surface area contributed by atoms with Gasteiger partial charge in [0.05, 0.1) is 13.2 Å². The average molecular weight is 457 g/mol. The van der Waals surface area contributed by atoms with Gasteiger partial charge in [-0.2, -0.15) is 0 Å². The van der Waals surface area contributed by atoms with Crippen LogP contribution in [0.25, 0.3) is 0 Å². The molecule has 0 aromatic heterocycles. The van der Waals surface area contributed by atoms with Crippen molar-refractivity contribution in [1.29, 1.82) is 0 Å². The van der Waals surface area contributed by atoms with E-state index in [9.17, 15) is 9.90 Å². The molecule has 6 nitrogen and oxygen atoms in total. The van der Waals surface area contributed by atoms with Gasteiger partial charge in [0.25, 0.3) is 5.91 Å². The molecular formula is C27H40N2O4. The van der Waals surface area contributed by atoms with Gasteiger partial charge in [-0.25, -0.2) is 0 Å². The molecule has 2 atom stereocenters. The largest absolute Gasteiger partial charge is 0.459 e. The van der Waals surface area contributed by atoms with Gasteiger partial charge in [0.2, 0.25) is 6.29 Å². The van der Waals surface area contributed by atoms with Crippen molar-refractivity contribution in [2.24, 2.45) is 11.8 Å². The fraction of sp³-hybridized carbons (Fsp3) is 0.667. The number of hydrogen-bond acceptors (Lipinski definition) is 5. The predicted octanol–water partition coefficient (Wildman–Crippen LogP) is 4.07. The minimum atomic E-state index is -0.426. The Morgan fingerprint density at radius 2 is 1.73 bits per heavy atom. The molecule has 1 N–H and O–H groups in total. The lowest BCUT2D eigenvalue weighted by molar-refractivity contribution is -0.160. The van der Waals surface area contributed by atoms with Gasteiger partial charge in [-0.05, 0) is 67.8 Å². The van der Waals surface area contributed by atoms with E-state index in [1.165, 1.54) is 32.4 Å². The molecule has 0 bridgehead atoms. The molecule has 1 amide bonds. The van der Waals surface area contributed by atoms with E-state index < -0.39 is 6.29 Å². The molecule has 0 unspecified atom stereocenters. The molecule has 4 rings (SSSR count). The minimum absolute atomic E-state index is 0.0124. The maximum atomic E-state index is 13.3. The summed E-state index contributed by atoms with van der Waals surface area (Å²) >= 11 is 0. The second kappa shape index (κ2) is 11.5. The normalized spacial score (nSPS) is 25.1. The highest BCUT2D eigenvalue weighted by atomic mass is 16.7. The van der Waals surface area contributed by atoms with Gasteiger partial charge in [0.15, 0.2) is 5.76 Å². The average Bonchev–Trinajstić information content (AvgIpc) is 2.87. The number of aliphatic hydroxyl groups excluding tert-OH is 1. The Morgan fingerprint density at radius 3 is 2.36 bits per heavy atom. The molecule has 0 radical (unpaired) electrons. The molecule has 0 saturated carbocycles. The lowest BCUT2D eigenvalue weighted by Crippen LogP contribution is -2.49. The van der Waals surface area contributed by atoms with E-state index in [0.29, 0.717) is 24.3 Å². The van der Waals surface area contributed by atoms with Gasteiger partial charge in [0, 0.05) is 25.6 Å². The Hall–Kier alpha value is -1.89. The standard InChI is InChI=1S/C27H40N2O4/c1-20(2)23-16-25(33-26(17-23)32-19-22-8-6-21(18-30)7-9-22)27(31)29-14-10-24(11-15-29)28-12-4-3-5-13-28/h6-9,16,20,23-24,26,30H,3-5,10-15,17-19H2,1-2H3/t23-,26+/m1/s1. The first kappa shape index (κ1) is 24.2. The van der Waals surface area contributed by atoms with Gasteiger partial charge < -0.3 is 24.4 Å².